The van der Waals surface area contributed by atoms with Crippen molar-refractivity contribution in [1.29, 1.82) is 0 Å². The smallest absolute Gasteiger partial charge is 0.313 e. The summed E-state index contributed by atoms with van der Waals surface area (Å²) in [5.41, 5.74) is 0.903. The molecule has 23 heavy (non-hydrogen) atoms. The van der Waals surface area contributed by atoms with Gasteiger partial charge in [0, 0.05) is 12.2 Å². The highest BCUT2D eigenvalue weighted by Gasteiger charge is 2.48. The highest BCUT2D eigenvalue weighted by Crippen LogP contribution is 2.43. The third kappa shape index (κ3) is 4.53. The third-order valence-corrected chi connectivity index (χ3v) is 3.69. The Hall–Kier alpha value is -1.43. The van der Waals surface area contributed by atoms with E-state index in [9.17, 15) is 9.90 Å². The summed E-state index contributed by atoms with van der Waals surface area (Å²) in [6.45, 7) is 9.18. The molecule has 1 aromatic carbocycles. The molecule has 1 fully saturated rings. The largest absolute Gasteiger partial charge is 0.426 e. The van der Waals surface area contributed by atoms with Gasteiger partial charge in [0.1, 0.15) is 11.4 Å². The molecule has 1 saturated heterocycles. The first-order valence-electron chi connectivity index (χ1n) is 8.05. The predicted molar refractivity (Wildman–Crippen MR) is 86.1 cm³/mol. The monoisotopic (exact) mass is 322 g/mol. The van der Waals surface area contributed by atoms with Gasteiger partial charge in [0.05, 0.1) is 25.7 Å². The molecule has 1 aliphatic rings. The first-order valence-corrected chi connectivity index (χ1v) is 8.05. The second kappa shape index (κ2) is 7.43. The fourth-order valence-electron chi connectivity index (χ4n) is 2.18. The third-order valence-electron chi connectivity index (χ3n) is 3.69. The van der Waals surface area contributed by atoms with Crippen LogP contribution in [-0.2, 0) is 26.5 Å². The quantitative estimate of drug-likeness (QED) is 0.453. The SMILES string of the molecule is CC(C)COCc1ccc([C@]2(CO)CO2)c(OC(=O)C(C)C)c1. The average molecular weight is 322 g/mol. The number of hydrogen-bond acceptors (Lipinski definition) is 5. The number of epoxide rings is 1. The van der Waals surface area contributed by atoms with Crippen LogP contribution in [0.2, 0.25) is 0 Å². The van der Waals surface area contributed by atoms with Crippen molar-refractivity contribution in [3.63, 3.8) is 0 Å². The predicted octanol–water partition coefficient (Wildman–Crippen LogP) is 2.64. The van der Waals surface area contributed by atoms with Gasteiger partial charge in [-0.25, -0.2) is 0 Å². The van der Waals surface area contributed by atoms with Gasteiger partial charge in [0.25, 0.3) is 0 Å². The fraction of sp³-hybridized carbons (Fsp3) is 0.611. The lowest BCUT2D eigenvalue weighted by molar-refractivity contribution is -0.137. The van der Waals surface area contributed by atoms with Crippen LogP contribution < -0.4 is 4.74 Å². The van der Waals surface area contributed by atoms with Crippen molar-refractivity contribution in [3.8, 4) is 5.75 Å². The summed E-state index contributed by atoms with van der Waals surface area (Å²) in [7, 11) is 0. The van der Waals surface area contributed by atoms with Crippen molar-refractivity contribution >= 4 is 5.97 Å². The summed E-state index contributed by atoms with van der Waals surface area (Å²) in [4.78, 5) is 12.0. The minimum absolute atomic E-state index is 0.136. The van der Waals surface area contributed by atoms with Crippen molar-refractivity contribution in [2.75, 3.05) is 19.8 Å². The van der Waals surface area contributed by atoms with E-state index in [1.165, 1.54) is 0 Å². The van der Waals surface area contributed by atoms with Gasteiger partial charge in [0.2, 0.25) is 0 Å². The Morgan fingerprint density at radius 1 is 1.35 bits per heavy atom. The lowest BCUT2D eigenvalue weighted by Gasteiger charge is -2.17. The number of carbonyl (C=O) groups is 1. The maximum atomic E-state index is 12.0. The summed E-state index contributed by atoms with van der Waals surface area (Å²) >= 11 is 0. The minimum Gasteiger partial charge on any atom is -0.426 e. The van der Waals surface area contributed by atoms with E-state index in [0.717, 1.165) is 5.56 Å². The average Bonchev–Trinajstić information content (AvgIpc) is 3.28. The zero-order chi connectivity index (χ0) is 17.0. The summed E-state index contributed by atoms with van der Waals surface area (Å²) < 4.78 is 16.5. The maximum Gasteiger partial charge on any atom is 0.313 e. The molecule has 0 aliphatic carbocycles. The Morgan fingerprint density at radius 3 is 2.57 bits per heavy atom. The van der Waals surface area contributed by atoms with Gasteiger partial charge in [-0.15, -0.1) is 0 Å². The Morgan fingerprint density at radius 2 is 2.04 bits per heavy atom. The second-order valence-corrected chi connectivity index (χ2v) is 6.76. The molecule has 5 heteroatoms. The molecule has 1 N–H and O–H groups in total. The van der Waals surface area contributed by atoms with Gasteiger partial charge in [-0.1, -0.05) is 39.8 Å². The van der Waals surface area contributed by atoms with Gasteiger partial charge < -0.3 is 19.3 Å². The molecule has 5 nitrogen and oxygen atoms in total. The van der Waals surface area contributed by atoms with Crippen molar-refractivity contribution in [3.05, 3.63) is 29.3 Å². The van der Waals surface area contributed by atoms with E-state index in [2.05, 4.69) is 13.8 Å². The Bertz CT molecular complexity index is 546. The molecule has 1 heterocycles. The first-order chi connectivity index (χ1) is 10.9. The molecule has 0 amide bonds. The first kappa shape index (κ1) is 17.9. The van der Waals surface area contributed by atoms with Gasteiger partial charge >= 0.3 is 5.97 Å². The van der Waals surface area contributed by atoms with Gasteiger partial charge in [-0.2, -0.15) is 0 Å². The number of ether oxygens (including phenoxy) is 3. The van der Waals surface area contributed by atoms with Crippen molar-refractivity contribution in [1.82, 2.24) is 0 Å². The number of esters is 1. The molecule has 1 aromatic rings. The topological polar surface area (TPSA) is 68.3 Å². The number of aliphatic hydroxyl groups excluding tert-OH is 1. The van der Waals surface area contributed by atoms with Crippen LogP contribution >= 0.6 is 0 Å². The number of aliphatic hydroxyl groups is 1. The molecule has 1 atom stereocenters. The zero-order valence-electron chi connectivity index (χ0n) is 14.3. The molecular formula is C18H26O5. The molecule has 2 rings (SSSR count). The normalized spacial score (nSPS) is 20.1. The Kier molecular flexibility index (Phi) is 5.79. The summed E-state index contributed by atoms with van der Waals surface area (Å²) in [5.74, 6) is 0.375. The van der Waals surface area contributed by atoms with Gasteiger partial charge in [-0.3, -0.25) is 4.79 Å². The van der Waals surface area contributed by atoms with E-state index in [1.807, 2.05) is 12.1 Å². The number of benzene rings is 1. The standard InChI is InChI=1S/C18H26O5/c1-12(2)8-21-9-14-5-6-15(18(10-19)11-22-18)16(7-14)23-17(20)13(3)4/h5-7,12-13,19H,8-11H2,1-4H3/t18-/m0/s1. The molecule has 0 saturated carbocycles. The summed E-state index contributed by atoms with van der Waals surface area (Å²) in [6, 6.07) is 5.57. The molecule has 0 radical (unpaired) electrons. The Labute approximate surface area is 137 Å². The van der Waals surface area contributed by atoms with Crippen LogP contribution in [0.15, 0.2) is 18.2 Å². The molecule has 0 spiro atoms. The van der Waals surface area contributed by atoms with Crippen LogP contribution in [0.25, 0.3) is 0 Å². The molecular weight excluding hydrogens is 296 g/mol. The molecule has 0 unspecified atom stereocenters. The van der Waals surface area contributed by atoms with Crippen molar-refractivity contribution in [2.24, 2.45) is 11.8 Å². The number of hydrogen-bond donors (Lipinski definition) is 1. The van der Waals surface area contributed by atoms with E-state index in [-0.39, 0.29) is 18.5 Å². The number of rotatable bonds is 8. The van der Waals surface area contributed by atoms with Crippen LogP contribution in [0, 0.1) is 11.8 Å². The Balaban J connectivity index is 2.20. The van der Waals surface area contributed by atoms with E-state index in [0.29, 0.717) is 37.1 Å². The van der Waals surface area contributed by atoms with Crippen molar-refractivity contribution < 1.29 is 24.1 Å². The van der Waals surface area contributed by atoms with Crippen LogP contribution in [0.1, 0.15) is 38.8 Å². The highest BCUT2D eigenvalue weighted by atomic mass is 16.6. The summed E-state index contributed by atoms with van der Waals surface area (Å²) in [5, 5.41) is 9.56. The van der Waals surface area contributed by atoms with E-state index < -0.39 is 5.60 Å². The molecule has 0 aromatic heterocycles. The highest BCUT2D eigenvalue weighted by molar-refractivity contribution is 5.75. The van der Waals surface area contributed by atoms with Gasteiger partial charge in [0.15, 0.2) is 0 Å². The van der Waals surface area contributed by atoms with E-state index in [1.54, 1.807) is 19.9 Å². The number of carbonyl (C=O) groups excluding carboxylic acids is 1. The van der Waals surface area contributed by atoms with E-state index in [4.69, 9.17) is 14.2 Å². The lowest BCUT2D eigenvalue weighted by atomic mass is 9.98. The van der Waals surface area contributed by atoms with Crippen LogP contribution in [0.4, 0.5) is 0 Å². The fourth-order valence-corrected chi connectivity index (χ4v) is 2.18. The zero-order valence-corrected chi connectivity index (χ0v) is 14.3. The van der Waals surface area contributed by atoms with Gasteiger partial charge in [-0.05, 0) is 17.5 Å². The lowest BCUT2D eigenvalue weighted by Crippen LogP contribution is -2.20. The molecule has 128 valence electrons. The maximum absolute atomic E-state index is 12.0. The van der Waals surface area contributed by atoms with Crippen LogP contribution in [-0.4, -0.2) is 30.9 Å². The second-order valence-electron chi connectivity index (χ2n) is 6.76. The van der Waals surface area contributed by atoms with E-state index >= 15 is 0 Å². The summed E-state index contributed by atoms with van der Waals surface area (Å²) in [6.07, 6.45) is 0. The van der Waals surface area contributed by atoms with Crippen molar-refractivity contribution in [2.45, 2.75) is 39.9 Å². The molecule has 1 aliphatic heterocycles. The molecule has 0 bridgehead atoms. The van der Waals surface area contributed by atoms with Crippen LogP contribution in [0.3, 0.4) is 0 Å². The minimum atomic E-state index is -0.732. The van der Waals surface area contributed by atoms with Crippen LogP contribution in [0.5, 0.6) is 5.75 Å².